The van der Waals surface area contributed by atoms with Crippen LogP contribution in [0.4, 0.5) is 5.69 Å². The zero-order valence-electron chi connectivity index (χ0n) is 10.3. The van der Waals surface area contributed by atoms with Crippen LogP contribution < -0.4 is 10.6 Å². The first-order valence-corrected chi connectivity index (χ1v) is 5.81. The first-order valence-electron chi connectivity index (χ1n) is 5.41. The minimum Gasteiger partial charge on any atom is -0.359 e. The minimum absolute atomic E-state index is 0.0242. The molecule has 0 aliphatic rings. The van der Waals surface area contributed by atoms with Gasteiger partial charge in [0.1, 0.15) is 0 Å². The molecule has 100 valence electrons. The zero-order valence-corrected chi connectivity index (χ0v) is 11.1. The number of nitrogens with one attached hydrogen (secondary N) is 2. The lowest BCUT2D eigenvalue weighted by atomic mass is 10.1. The summed E-state index contributed by atoms with van der Waals surface area (Å²) in [6.45, 7) is 5.52. The fourth-order valence-corrected chi connectivity index (χ4v) is 1.56. The molecular formula is C12H13N3O3S. The highest BCUT2D eigenvalue weighted by Gasteiger charge is 2.14. The van der Waals surface area contributed by atoms with E-state index in [1.54, 1.807) is 13.0 Å². The predicted molar refractivity (Wildman–Crippen MR) is 76.1 cm³/mol. The Labute approximate surface area is 115 Å². The Balaban J connectivity index is 2.78. The van der Waals surface area contributed by atoms with Crippen LogP contribution in [0, 0.1) is 17.0 Å². The molecule has 2 N–H and O–H groups in total. The first kappa shape index (κ1) is 14.8. The number of carbonyl (C=O) groups is 1. The molecule has 0 fully saturated rings. The maximum absolute atomic E-state index is 11.8. The van der Waals surface area contributed by atoms with Gasteiger partial charge in [-0.3, -0.25) is 20.2 Å². The molecule has 0 spiro atoms. The molecule has 0 saturated heterocycles. The maximum Gasteiger partial charge on any atom is 0.272 e. The van der Waals surface area contributed by atoms with E-state index in [-0.39, 0.29) is 10.8 Å². The molecule has 7 heteroatoms. The van der Waals surface area contributed by atoms with Gasteiger partial charge in [-0.1, -0.05) is 6.08 Å². The summed E-state index contributed by atoms with van der Waals surface area (Å²) in [7, 11) is 0. The summed E-state index contributed by atoms with van der Waals surface area (Å²) in [5.41, 5.74) is 0.706. The van der Waals surface area contributed by atoms with Crippen LogP contribution in [0.1, 0.15) is 15.9 Å². The molecule has 0 saturated carbocycles. The highest BCUT2D eigenvalue weighted by atomic mass is 32.1. The van der Waals surface area contributed by atoms with E-state index in [9.17, 15) is 14.9 Å². The second-order valence-electron chi connectivity index (χ2n) is 3.71. The normalized spacial score (nSPS) is 9.53. The molecule has 19 heavy (non-hydrogen) atoms. The molecule has 1 rings (SSSR count). The van der Waals surface area contributed by atoms with Gasteiger partial charge in [-0.05, 0) is 31.3 Å². The second-order valence-corrected chi connectivity index (χ2v) is 4.12. The lowest BCUT2D eigenvalue weighted by Gasteiger charge is -2.08. The van der Waals surface area contributed by atoms with Crippen molar-refractivity contribution in [1.82, 2.24) is 10.6 Å². The van der Waals surface area contributed by atoms with Gasteiger partial charge >= 0.3 is 0 Å². The number of amides is 1. The van der Waals surface area contributed by atoms with Crippen LogP contribution in [-0.2, 0) is 0 Å². The van der Waals surface area contributed by atoms with Crippen LogP contribution in [0.2, 0.25) is 0 Å². The molecular weight excluding hydrogens is 266 g/mol. The minimum atomic E-state index is -0.493. The van der Waals surface area contributed by atoms with Gasteiger partial charge in [-0.25, -0.2) is 0 Å². The van der Waals surface area contributed by atoms with Crippen LogP contribution in [0.5, 0.6) is 0 Å². The van der Waals surface area contributed by atoms with E-state index < -0.39 is 10.8 Å². The number of nitrogens with zero attached hydrogens (tertiary/aromatic N) is 1. The molecule has 6 nitrogen and oxygen atoms in total. The van der Waals surface area contributed by atoms with E-state index in [0.717, 1.165) is 0 Å². The number of thiocarbonyl (C=S) groups is 1. The van der Waals surface area contributed by atoms with Gasteiger partial charge in [0, 0.05) is 23.7 Å². The molecule has 0 aromatic heterocycles. The highest BCUT2D eigenvalue weighted by molar-refractivity contribution is 7.80. The average Bonchev–Trinajstić information content (AvgIpc) is 2.35. The number of hydrogen-bond donors (Lipinski definition) is 2. The third-order valence-corrected chi connectivity index (χ3v) is 2.54. The third-order valence-electron chi connectivity index (χ3n) is 2.29. The maximum atomic E-state index is 11.8. The highest BCUT2D eigenvalue weighted by Crippen LogP contribution is 2.18. The van der Waals surface area contributed by atoms with E-state index >= 15 is 0 Å². The molecule has 0 atom stereocenters. The van der Waals surface area contributed by atoms with Crippen molar-refractivity contribution in [3.63, 3.8) is 0 Å². The van der Waals surface area contributed by atoms with Gasteiger partial charge in [0.15, 0.2) is 5.11 Å². The zero-order chi connectivity index (χ0) is 14.4. The summed E-state index contributed by atoms with van der Waals surface area (Å²) in [5.74, 6) is -0.417. The fourth-order valence-electron chi connectivity index (χ4n) is 1.39. The van der Waals surface area contributed by atoms with Crippen molar-refractivity contribution in [2.24, 2.45) is 0 Å². The molecule has 0 heterocycles. The monoisotopic (exact) mass is 279 g/mol. The van der Waals surface area contributed by atoms with Crippen LogP contribution in [0.3, 0.4) is 0 Å². The molecule has 0 bridgehead atoms. The van der Waals surface area contributed by atoms with E-state index in [2.05, 4.69) is 17.2 Å². The van der Waals surface area contributed by atoms with Crippen molar-refractivity contribution in [2.45, 2.75) is 6.92 Å². The van der Waals surface area contributed by atoms with Crippen LogP contribution in [-0.4, -0.2) is 22.5 Å². The number of carbonyl (C=O) groups excluding carboxylic acids is 1. The smallest absolute Gasteiger partial charge is 0.272 e. The van der Waals surface area contributed by atoms with Gasteiger partial charge < -0.3 is 5.32 Å². The quantitative estimate of drug-likeness (QED) is 0.379. The Hall–Kier alpha value is -2.28. The van der Waals surface area contributed by atoms with E-state index in [1.807, 2.05) is 0 Å². The van der Waals surface area contributed by atoms with Crippen molar-refractivity contribution >= 4 is 28.9 Å². The molecule has 0 unspecified atom stereocenters. The third kappa shape index (κ3) is 4.14. The van der Waals surface area contributed by atoms with Crippen LogP contribution >= 0.6 is 12.2 Å². The Bertz CT molecular complexity index is 543. The van der Waals surface area contributed by atoms with Gasteiger partial charge in [0.25, 0.3) is 11.6 Å². The molecule has 1 aromatic carbocycles. The molecule has 1 amide bonds. The van der Waals surface area contributed by atoms with Crippen molar-refractivity contribution in [2.75, 3.05) is 6.54 Å². The summed E-state index contributed by atoms with van der Waals surface area (Å²) < 4.78 is 0. The van der Waals surface area contributed by atoms with E-state index in [0.29, 0.717) is 17.7 Å². The number of nitro benzene ring substituents is 1. The first-order chi connectivity index (χ1) is 8.95. The van der Waals surface area contributed by atoms with Crippen LogP contribution in [0.25, 0.3) is 0 Å². The average molecular weight is 279 g/mol. The summed E-state index contributed by atoms with van der Waals surface area (Å²) >= 11 is 4.90. The number of rotatable bonds is 4. The summed E-state index contributed by atoms with van der Waals surface area (Å²) in [6, 6.07) is 4.13. The van der Waals surface area contributed by atoms with Gasteiger partial charge in [0.05, 0.1) is 4.92 Å². The van der Waals surface area contributed by atoms with E-state index in [1.165, 1.54) is 18.2 Å². The van der Waals surface area contributed by atoms with E-state index in [4.69, 9.17) is 12.2 Å². The Kier molecular flexibility index (Phi) is 5.13. The number of benzene rings is 1. The lowest BCUT2D eigenvalue weighted by Crippen LogP contribution is -2.39. The Morgan fingerprint density at radius 3 is 2.79 bits per heavy atom. The van der Waals surface area contributed by atoms with Crippen molar-refractivity contribution in [3.05, 3.63) is 52.1 Å². The lowest BCUT2D eigenvalue weighted by molar-refractivity contribution is -0.385. The summed E-state index contributed by atoms with van der Waals surface area (Å²) in [4.78, 5) is 22.0. The molecule has 0 aliphatic heterocycles. The molecule has 0 aliphatic carbocycles. The predicted octanol–water partition coefficient (Wildman–Crippen LogP) is 1.69. The standard InChI is InChI=1S/C12H13N3O3S/c1-3-6-13-12(19)14-11(16)9-4-5-10(15(17)18)8(2)7-9/h3-5,7H,1,6H2,2H3,(H2,13,14,16,19). The van der Waals surface area contributed by atoms with Crippen LogP contribution in [0.15, 0.2) is 30.9 Å². The topological polar surface area (TPSA) is 84.3 Å². The summed E-state index contributed by atoms with van der Waals surface area (Å²) in [6.07, 6.45) is 1.61. The molecule has 1 aromatic rings. The fraction of sp³-hybridized carbons (Fsp3) is 0.167. The Morgan fingerprint density at radius 1 is 1.58 bits per heavy atom. The van der Waals surface area contributed by atoms with Crippen molar-refractivity contribution in [1.29, 1.82) is 0 Å². The Morgan fingerprint density at radius 2 is 2.26 bits per heavy atom. The van der Waals surface area contributed by atoms with Crippen molar-refractivity contribution < 1.29 is 9.72 Å². The number of aryl methyl sites for hydroxylation is 1. The SMILES string of the molecule is C=CCNC(=S)NC(=O)c1ccc([N+](=O)[O-])c(C)c1. The molecule has 0 radical (unpaired) electrons. The van der Waals surface area contributed by atoms with Gasteiger partial charge in [-0.2, -0.15) is 0 Å². The number of hydrogen-bond acceptors (Lipinski definition) is 4. The number of nitro groups is 1. The van der Waals surface area contributed by atoms with Gasteiger partial charge in [-0.15, -0.1) is 6.58 Å². The van der Waals surface area contributed by atoms with Gasteiger partial charge in [0.2, 0.25) is 0 Å². The second kappa shape index (κ2) is 6.60. The largest absolute Gasteiger partial charge is 0.359 e. The van der Waals surface area contributed by atoms with Crippen molar-refractivity contribution in [3.8, 4) is 0 Å². The summed E-state index contributed by atoms with van der Waals surface area (Å²) in [5, 5.41) is 16.1.